The second kappa shape index (κ2) is 14.0. The van der Waals surface area contributed by atoms with Gasteiger partial charge in [-0.25, -0.2) is 4.79 Å². The number of amides is 2. The predicted octanol–water partition coefficient (Wildman–Crippen LogP) is 5.68. The second-order valence-corrected chi connectivity index (χ2v) is 11.3. The van der Waals surface area contributed by atoms with Crippen molar-refractivity contribution >= 4 is 6.03 Å². The molecule has 4 N–H and O–H groups in total. The maximum atomic E-state index is 13.7. The Kier molecular flexibility index (Phi) is 11.3. The summed E-state index contributed by atoms with van der Waals surface area (Å²) in [5, 5.41) is 15.8. The highest BCUT2D eigenvalue weighted by Crippen LogP contribution is 2.47. The SMILES string of the molecule is CNC[C@H](CC1CCCCC1)C1C(C(O)(CCCCOC)c2cccc(C(F)(F)F)c2)CCCN1C(N)=O. The van der Waals surface area contributed by atoms with Gasteiger partial charge in [-0.3, -0.25) is 0 Å². The van der Waals surface area contributed by atoms with Crippen LogP contribution in [0.3, 0.4) is 0 Å². The standard InChI is InChI=1S/C29H46F3N3O3/c1-34-20-22(18-21-10-4-3-5-11-21)26-25(14-9-16-35(26)27(33)36)28(37,15-6-7-17-38-2)23-12-8-13-24(19-23)29(30,31)32/h8,12-13,19,21-22,25-26,34,37H,3-7,9-11,14-18,20H2,1-2H3,(H2,33,36)/t22-,25?,26?,28?/m0/s1. The van der Waals surface area contributed by atoms with E-state index in [9.17, 15) is 23.1 Å². The third kappa shape index (κ3) is 7.63. The summed E-state index contributed by atoms with van der Waals surface area (Å²) in [4.78, 5) is 14.4. The average Bonchev–Trinajstić information content (AvgIpc) is 2.90. The molecule has 0 spiro atoms. The zero-order valence-corrected chi connectivity index (χ0v) is 22.9. The Labute approximate surface area is 225 Å². The Morgan fingerprint density at radius 2 is 1.87 bits per heavy atom. The quantitative estimate of drug-likeness (QED) is 0.297. The van der Waals surface area contributed by atoms with Crippen molar-refractivity contribution < 1.29 is 27.8 Å². The van der Waals surface area contributed by atoms with Gasteiger partial charge in [0.1, 0.15) is 0 Å². The van der Waals surface area contributed by atoms with Crippen molar-refractivity contribution in [3.63, 3.8) is 0 Å². The van der Waals surface area contributed by atoms with E-state index in [-0.39, 0.29) is 23.9 Å². The number of primary amides is 1. The van der Waals surface area contributed by atoms with Crippen LogP contribution in [0, 0.1) is 17.8 Å². The number of urea groups is 1. The molecule has 1 saturated heterocycles. The molecule has 3 unspecified atom stereocenters. The van der Waals surface area contributed by atoms with Crippen LogP contribution in [0.5, 0.6) is 0 Å². The lowest BCUT2D eigenvalue weighted by Crippen LogP contribution is -2.60. The Morgan fingerprint density at radius 1 is 1.16 bits per heavy atom. The van der Waals surface area contributed by atoms with Gasteiger partial charge in [0, 0.05) is 32.2 Å². The van der Waals surface area contributed by atoms with Crippen LogP contribution in [0.4, 0.5) is 18.0 Å². The molecular weight excluding hydrogens is 495 g/mol. The summed E-state index contributed by atoms with van der Waals surface area (Å²) < 4.78 is 46.3. The largest absolute Gasteiger partial charge is 0.416 e. The molecule has 2 aliphatic rings. The number of piperidine rings is 1. The van der Waals surface area contributed by atoms with Crippen molar-refractivity contribution in [2.24, 2.45) is 23.5 Å². The lowest BCUT2D eigenvalue weighted by Gasteiger charge is -2.51. The Morgan fingerprint density at radius 3 is 2.50 bits per heavy atom. The molecule has 1 aromatic carbocycles. The minimum Gasteiger partial charge on any atom is -0.385 e. The molecule has 2 fully saturated rings. The molecule has 4 atom stereocenters. The van der Waals surface area contributed by atoms with Gasteiger partial charge in [-0.2, -0.15) is 13.2 Å². The topological polar surface area (TPSA) is 87.8 Å². The molecule has 1 heterocycles. The Balaban J connectivity index is 2.06. The van der Waals surface area contributed by atoms with E-state index in [4.69, 9.17) is 10.5 Å². The van der Waals surface area contributed by atoms with E-state index in [0.29, 0.717) is 51.3 Å². The molecular formula is C29H46F3N3O3. The molecule has 2 amide bonds. The van der Waals surface area contributed by atoms with E-state index < -0.39 is 29.3 Å². The van der Waals surface area contributed by atoms with Crippen LogP contribution in [0.2, 0.25) is 0 Å². The first-order chi connectivity index (χ1) is 18.1. The minimum absolute atomic E-state index is 0.0252. The summed E-state index contributed by atoms with van der Waals surface area (Å²) in [6.45, 7) is 1.64. The summed E-state index contributed by atoms with van der Waals surface area (Å²) in [5.41, 5.74) is 3.84. The van der Waals surface area contributed by atoms with Crippen LogP contribution in [-0.4, -0.2) is 55.9 Å². The number of benzene rings is 1. The number of nitrogens with one attached hydrogen (secondary N) is 1. The molecule has 1 aromatic rings. The highest BCUT2D eigenvalue weighted by molar-refractivity contribution is 5.72. The van der Waals surface area contributed by atoms with E-state index in [1.807, 2.05) is 7.05 Å². The van der Waals surface area contributed by atoms with Gasteiger partial charge in [0.25, 0.3) is 0 Å². The van der Waals surface area contributed by atoms with Crippen molar-refractivity contribution in [1.29, 1.82) is 0 Å². The third-order valence-electron chi connectivity index (χ3n) is 8.74. The smallest absolute Gasteiger partial charge is 0.385 e. The zero-order valence-electron chi connectivity index (χ0n) is 22.9. The average molecular weight is 542 g/mol. The van der Waals surface area contributed by atoms with Crippen LogP contribution in [0.15, 0.2) is 24.3 Å². The number of hydrogen-bond acceptors (Lipinski definition) is 4. The number of methoxy groups -OCH3 is 1. The number of carbonyl (C=O) groups excluding carboxylic acids is 1. The number of unbranched alkanes of at least 4 members (excludes halogenated alkanes) is 1. The van der Waals surface area contributed by atoms with Gasteiger partial charge in [-0.1, -0.05) is 44.2 Å². The van der Waals surface area contributed by atoms with Gasteiger partial charge < -0.3 is 25.8 Å². The number of hydrogen-bond donors (Lipinski definition) is 3. The fourth-order valence-electron chi connectivity index (χ4n) is 6.99. The first-order valence-electron chi connectivity index (χ1n) is 14.2. The number of ether oxygens (including phenoxy) is 1. The van der Waals surface area contributed by atoms with Gasteiger partial charge in [0.05, 0.1) is 11.2 Å². The van der Waals surface area contributed by atoms with E-state index >= 15 is 0 Å². The number of aliphatic hydroxyl groups is 1. The first-order valence-corrected chi connectivity index (χ1v) is 14.2. The summed E-state index contributed by atoms with van der Waals surface area (Å²) in [6, 6.07) is 4.18. The van der Waals surface area contributed by atoms with Crippen molar-refractivity contribution in [3.05, 3.63) is 35.4 Å². The number of rotatable bonds is 12. The fourth-order valence-corrected chi connectivity index (χ4v) is 6.99. The number of halogens is 3. The molecule has 1 saturated carbocycles. The molecule has 0 radical (unpaired) electrons. The number of nitrogens with two attached hydrogens (primary N) is 1. The van der Waals surface area contributed by atoms with E-state index in [1.54, 1.807) is 18.1 Å². The molecule has 0 bridgehead atoms. The molecule has 9 heteroatoms. The molecule has 1 aliphatic heterocycles. The van der Waals surface area contributed by atoms with Crippen molar-refractivity contribution in [2.45, 2.75) is 88.4 Å². The molecule has 3 rings (SSSR count). The lowest BCUT2D eigenvalue weighted by atomic mass is 9.65. The number of alkyl halides is 3. The van der Waals surface area contributed by atoms with E-state index in [2.05, 4.69) is 5.32 Å². The molecule has 6 nitrogen and oxygen atoms in total. The van der Waals surface area contributed by atoms with Crippen LogP contribution in [-0.2, 0) is 16.5 Å². The van der Waals surface area contributed by atoms with Crippen molar-refractivity contribution in [2.75, 3.05) is 33.9 Å². The summed E-state index contributed by atoms with van der Waals surface area (Å²) in [7, 11) is 3.48. The monoisotopic (exact) mass is 541 g/mol. The Bertz CT molecular complexity index is 878. The third-order valence-corrected chi connectivity index (χ3v) is 8.74. The van der Waals surface area contributed by atoms with E-state index in [0.717, 1.165) is 31.4 Å². The molecule has 0 aromatic heterocycles. The van der Waals surface area contributed by atoms with Gasteiger partial charge in [0.2, 0.25) is 0 Å². The van der Waals surface area contributed by atoms with Gasteiger partial charge in [-0.15, -0.1) is 0 Å². The first kappa shape index (κ1) is 30.7. The Hall–Kier alpha value is -1.84. The van der Waals surface area contributed by atoms with Crippen LogP contribution < -0.4 is 11.1 Å². The maximum absolute atomic E-state index is 13.7. The normalized spacial score (nSPS) is 23.7. The van der Waals surface area contributed by atoms with E-state index in [1.165, 1.54) is 25.3 Å². The van der Waals surface area contributed by atoms with Crippen molar-refractivity contribution in [3.8, 4) is 0 Å². The highest BCUT2D eigenvalue weighted by atomic mass is 19.4. The summed E-state index contributed by atoms with van der Waals surface area (Å²) >= 11 is 0. The zero-order chi connectivity index (χ0) is 27.8. The van der Waals surface area contributed by atoms with Crippen LogP contribution in [0.25, 0.3) is 0 Å². The molecule has 1 aliphatic carbocycles. The molecule has 38 heavy (non-hydrogen) atoms. The molecule has 216 valence electrons. The number of likely N-dealkylation sites (tertiary alicyclic amines) is 1. The maximum Gasteiger partial charge on any atom is 0.416 e. The highest BCUT2D eigenvalue weighted by Gasteiger charge is 2.50. The van der Waals surface area contributed by atoms with Crippen molar-refractivity contribution in [1.82, 2.24) is 10.2 Å². The fraction of sp³-hybridized carbons (Fsp3) is 0.759. The van der Waals surface area contributed by atoms with Crippen LogP contribution in [0.1, 0.15) is 81.8 Å². The van der Waals surface area contributed by atoms with Crippen LogP contribution >= 0.6 is 0 Å². The summed E-state index contributed by atoms with van der Waals surface area (Å²) in [6.07, 6.45) is 5.07. The lowest BCUT2D eigenvalue weighted by molar-refractivity contribution is -0.138. The second-order valence-electron chi connectivity index (χ2n) is 11.3. The number of nitrogens with zero attached hydrogens (tertiary/aromatic N) is 1. The van der Waals surface area contributed by atoms with Gasteiger partial charge in [-0.05, 0) is 81.6 Å². The minimum atomic E-state index is -4.52. The van der Waals surface area contributed by atoms with Gasteiger partial charge in [0.15, 0.2) is 0 Å². The number of carbonyl (C=O) groups is 1. The summed E-state index contributed by atoms with van der Waals surface area (Å²) in [5.74, 6) is 0.108. The van der Waals surface area contributed by atoms with Gasteiger partial charge >= 0.3 is 12.2 Å². The predicted molar refractivity (Wildman–Crippen MR) is 142 cm³/mol.